The minimum Gasteiger partial charge on any atom is -0.399 e. The standard InChI is InChI=1S/C15H20N4O/c1-15(2,3)19-8-7-17-13(14(19)20)18-10-11-5-4-6-12(16)9-11/h4-9H,10,16H2,1-3H3,(H,17,18). The second-order valence-corrected chi connectivity index (χ2v) is 5.72. The molecule has 0 amide bonds. The molecular formula is C15H20N4O. The van der Waals surface area contributed by atoms with Crippen LogP contribution in [-0.4, -0.2) is 9.55 Å². The quantitative estimate of drug-likeness (QED) is 0.840. The lowest BCUT2D eigenvalue weighted by Gasteiger charge is -2.22. The summed E-state index contributed by atoms with van der Waals surface area (Å²) < 4.78 is 1.67. The van der Waals surface area contributed by atoms with Crippen LogP contribution in [0.4, 0.5) is 11.5 Å². The smallest absolute Gasteiger partial charge is 0.293 e. The number of hydrogen-bond donors (Lipinski definition) is 2. The third kappa shape index (κ3) is 3.17. The molecule has 5 heteroatoms. The molecule has 5 nitrogen and oxygen atoms in total. The molecule has 0 spiro atoms. The summed E-state index contributed by atoms with van der Waals surface area (Å²) in [5, 5.41) is 3.07. The number of nitrogen functional groups attached to an aromatic ring is 1. The number of nitrogens with one attached hydrogen (secondary N) is 1. The van der Waals surface area contributed by atoms with Crippen LogP contribution in [0.2, 0.25) is 0 Å². The van der Waals surface area contributed by atoms with Crippen molar-refractivity contribution in [1.82, 2.24) is 9.55 Å². The van der Waals surface area contributed by atoms with Gasteiger partial charge in [-0.1, -0.05) is 12.1 Å². The van der Waals surface area contributed by atoms with Gasteiger partial charge in [-0.2, -0.15) is 0 Å². The summed E-state index contributed by atoms with van der Waals surface area (Å²) in [6.45, 7) is 6.46. The highest BCUT2D eigenvalue weighted by Crippen LogP contribution is 2.12. The average molecular weight is 272 g/mol. The van der Waals surface area contributed by atoms with Crippen LogP contribution in [-0.2, 0) is 12.1 Å². The van der Waals surface area contributed by atoms with Crippen LogP contribution >= 0.6 is 0 Å². The minimum atomic E-state index is -0.270. The Morgan fingerprint density at radius 3 is 2.75 bits per heavy atom. The second-order valence-electron chi connectivity index (χ2n) is 5.72. The summed E-state index contributed by atoms with van der Waals surface area (Å²) in [5.74, 6) is 0.352. The molecule has 0 unspecified atom stereocenters. The van der Waals surface area contributed by atoms with Gasteiger partial charge in [-0.15, -0.1) is 0 Å². The fraction of sp³-hybridized carbons (Fsp3) is 0.333. The maximum absolute atomic E-state index is 12.3. The molecule has 106 valence electrons. The first kappa shape index (κ1) is 14.1. The zero-order valence-electron chi connectivity index (χ0n) is 12.1. The van der Waals surface area contributed by atoms with E-state index in [4.69, 9.17) is 5.73 Å². The van der Waals surface area contributed by atoms with Crippen molar-refractivity contribution in [3.8, 4) is 0 Å². The van der Waals surface area contributed by atoms with Crippen LogP contribution in [0.1, 0.15) is 26.3 Å². The molecule has 3 N–H and O–H groups in total. The first-order chi connectivity index (χ1) is 9.38. The van der Waals surface area contributed by atoms with Gasteiger partial charge in [0.25, 0.3) is 5.56 Å². The Kier molecular flexibility index (Phi) is 3.79. The van der Waals surface area contributed by atoms with Gasteiger partial charge in [0, 0.05) is 30.2 Å². The predicted molar refractivity (Wildman–Crippen MR) is 81.7 cm³/mol. The fourth-order valence-corrected chi connectivity index (χ4v) is 1.95. The lowest BCUT2D eigenvalue weighted by atomic mass is 10.1. The van der Waals surface area contributed by atoms with Crippen LogP contribution in [0.15, 0.2) is 41.5 Å². The lowest BCUT2D eigenvalue weighted by Crippen LogP contribution is -2.35. The molecule has 0 bridgehead atoms. The zero-order valence-corrected chi connectivity index (χ0v) is 12.1. The molecule has 1 heterocycles. The Labute approximate surface area is 118 Å². The van der Waals surface area contributed by atoms with E-state index in [1.54, 1.807) is 17.0 Å². The van der Waals surface area contributed by atoms with Crippen LogP contribution < -0.4 is 16.6 Å². The van der Waals surface area contributed by atoms with Crippen molar-refractivity contribution in [3.63, 3.8) is 0 Å². The van der Waals surface area contributed by atoms with Gasteiger partial charge in [0.1, 0.15) is 0 Å². The van der Waals surface area contributed by atoms with E-state index >= 15 is 0 Å². The average Bonchev–Trinajstić information content (AvgIpc) is 2.36. The number of hydrogen-bond acceptors (Lipinski definition) is 4. The molecule has 2 aromatic rings. The Morgan fingerprint density at radius 1 is 1.35 bits per heavy atom. The molecule has 0 aliphatic carbocycles. The van der Waals surface area contributed by atoms with E-state index in [0.717, 1.165) is 5.56 Å². The SMILES string of the molecule is CC(C)(C)n1ccnc(NCc2cccc(N)c2)c1=O. The van der Waals surface area contributed by atoms with Gasteiger partial charge in [-0.25, -0.2) is 4.98 Å². The predicted octanol–water partition coefficient (Wildman–Crippen LogP) is 2.19. The molecule has 1 aromatic heterocycles. The molecule has 20 heavy (non-hydrogen) atoms. The molecule has 1 aromatic carbocycles. The molecule has 0 saturated heterocycles. The van der Waals surface area contributed by atoms with Gasteiger partial charge in [-0.3, -0.25) is 4.79 Å². The number of nitrogens with zero attached hydrogens (tertiary/aromatic N) is 2. The van der Waals surface area contributed by atoms with Crippen LogP contribution in [0, 0.1) is 0 Å². The summed E-state index contributed by atoms with van der Waals surface area (Å²) in [5.41, 5.74) is 7.06. The van der Waals surface area contributed by atoms with E-state index in [1.165, 1.54) is 0 Å². The first-order valence-electron chi connectivity index (χ1n) is 6.54. The largest absolute Gasteiger partial charge is 0.399 e. The summed E-state index contributed by atoms with van der Waals surface area (Å²) >= 11 is 0. The van der Waals surface area contributed by atoms with Crippen molar-refractivity contribution < 1.29 is 0 Å². The van der Waals surface area contributed by atoms with Crippen molar-refractivity contribution in [2.45, 2.75) is 32.9 Å². The molecule has 0 fully saturated rings. The summed E-state index contributed by atoms with van der Waals surface area (Å²) in [6, 6.07) is 7.54. The highest BCUT2D eigenvalue weighted by atomic mass is 16.1. The maximum Gasteiger partial charge on any atom is 0.293 e. The number of rotatable bonds is 3. The van der Waals surface area contributed by atoms with Gasteiger partial charge in [0.05, 0.1) is 0 Å². The first-order valence-corrected chi connectivity index (χ1v) is 6.54. The number of anilines is 2. The van der Waals surface area contributed by atoms with E-state index in [-0.39, 0.29) is 11.1 Å². The fourth-order valence-electron chi connectivity index (χ4n) is 1.95. The van der Waals surface area contributed by atoms with E-state index in [0.29, 0.717) is 18.1 Å². The van der Waals surface area contributed by atoms with E-state index in [1.807, 2.05) is 45.0 Å². The van der Waals surface area contributed by atoms with Crippen molar-refractivity contribution in [2.75, 3.05) is 11.1 Å². The van der Waals surface area contributed by atoms with E-state index in [9.17, 15) is 4.79 Å². The van der Waals surface area contributed by atoms with Crippen LogP contribution in [0.5, 0.6) is 0 Å². The number of aromatic nitrogens is 2. The highest BCUT2D eigenvalue weighted by molar-refractivity contribution is 5.42. The van der Waals surface area contributed by atoms with Crippen LogP contribution in [0.25, 0.3) is 0 Å². The molecule has 0 radical (unpaired) electrons. The number of nitrogens with two attached hydrogens (primary N) is 1. The highest BCUT2D eigenvalue weighted by Gasteiger charge is 2.16. The van der Waals surface area contributed by atoms with E-state index in [2.05, 4.69) is 10.3 Å². The molecule has 0 saturated carbocycles. The Bertz CT molecular complexity index is 655. The zero-order chi connectivity index (χ0) is 14.8. The van der Waals surface area contributed by atoms with Gasteiger partial charge >= 0.3 is 0 Å². The van der Waals surface area contributed by atoms with Gasteiger partial charge in [0.2, 0.25) is 0 Å². The van der Waals surface area contributed by atoms with Crippen LogP contribution in [0.3, 0.4) is 0 Å². The third-order valence-electron chi connectivity index (χ3n) is 2.97. The maximum atomic E-state index is 12.3. The van der Waals surface area contributed by atoms with Gasteiger partial charge < -0.3 is 15.6 Å². The van der Waals surface area contributed by atoms with Gasteiger partial charge in [0.15, 0.2) is 5.82 Å². The molecule has 2 rings (SSSR count). The Balaban J connectivity index is 2.21. The number of benzene rings is 1. The van der Waals surface area contributed by atoms with Crippen molar-refractivity contribution in [1.29, 1.82) is 0 Å². The minimum absolute atomic E-state index is 0.121. The summed E-state index contributed by atoms with van der Waals surface area (Å²) in [7, 11) is 0. The molecular weight excluding hydrogens is 252 g/mol. The molecule has 0 aliphatic rings. The molecule has 0 atom stereocenters. The van der Waals surface area contributed by atoms with Crippen molar-refractivity contribution in [2.24, 2.45) is 0 Å². The van der Waals surface area contributed by atoms with Crippen molar-refractivity contribution in [3.05, 3.63) is 52.6 Å². The van der Waals surface area contributed by atoms with Gasteiger partial charge in [-0.05, 0) is 38.5 Å². The van der Waals surface area contributed by atoms with Crippen molar-refractivity contribution >= 4 is 11.5 Å². The summed E-state index contributed by atoms with van der Waals surface area (Å²) in [6.07, 6.45) is 3.34. The Hall–Kier alpha value is -2.30. The Morgan fingerprint density at radius 2 is 2.10 bits per heavy atom. The topological polar surface area (TPSA) is 72.9 Å². The second kappa shape index (κ2) is 5.36. The molecule has 0 aliphatic heterocycles. The lowest BCUT2D eigenvalue weighted by molar-refractivity contribution is 0.383. The normalized spacial score (nSPS) is 11.3. The monoisotopic (exact) mass is 272 g/mol. The third-order valence-corrected chi connectivity index (χ3v) is 2.97. The summed E-state index contributed by atoms with van der Waals surface area (Å²) in [4.78, 5) is 16.4. The van der Waals surface area contributed by atoms with E-state index < -0.39 is 0 Å².